The summed E-state index contributed by atoms with van der Waals surface area (Å²) in [6.45, 7) is 5.13. The molecule has 2 heterocycles. The van der Waals surface area contributed by atoms with Crippen LogP contribution >= 0.6 is 0 Å². The average molecular weight is 363 g/mol. The largest absolute Gasteiger partial charge is 0.497 e. The first-order valence-electron chi connectivity index (χ1n) is 9.31. The summed E-state index contributed by atoms with van der Waals surface area (Å²) < 4.78 is 16.1. The van der Waals surface area contributed by atoms with Crippen LogP contribution in [-0.4, -0.2) is 75.5 Å². The summed E-state index contributed by atoms with van der Waals surface area (Å²) in [5.41, 5.74) is 0.632. The third-order valence-electron chi connectivity index (χ3n) is 5.11. The number of amides is 2. The maximum Gasteiger partial charge on any atom is 0.322 e. The number of piperidine rings is 1. The Morgan fingerprint density at radius 1 is 1.19 bits per heavy atom. The summed E-state index contributed by atoms with van der Waals surface area (Å²) in [5.74, 6) is 1.31. The Kier molecular flexibility index (Phi) is 6.57. The molecule has 0 spiro atoms. The number of ether oxygens (including phenoxy) is 3. The average Bonchev–Trinajstić information content (AvgIpc) is 2.69. The number of urea groups is 1. The van der Waals surface area contributed by atoms with Crippen molar-refractivity contribution < 1.29 is 19.0 Å². The molecule has 0 unspecified atom stereocenters. The fourth-order valence-electron chi connectivity index (χ4n) is 3.64. The molecule has 0 aromatic heterocycles. The lowest BCUT2D eigenvalue weighted by atomic mass is 10.0. The lowest BCUT2D eigenvalue weighted by molar-refractivity contribution is 0.0229. The standard InChI is InChI=1S/C19H29N3O4/c1-24-16-6-7-18(25-2)17(13-16)20-19(23)22-8-4-3-5-15(22)14-21-9-11-26-12-10-21/h6-7,13,15H,3-5,8-12,14H2,1-2H3,(H,20,23)/t15-/m0/s1. The predicted octanol–water partition coefficient (Wildman–Crippen LogP) is 2.42. The van der Waals surface area contributed by atoms with E-state index in [9.17, 15) is 4.79 Å². The van der Waals surface area contributed by atoms with Gasteiger partial charge in [-0.1, -0.05) is 0 Å². The quantitative estimate of drug-likeness (QED) is 0.870. The number of carbonyl (C=O) groups is 1. The molecule has 1 aromatic rings. The van der Waals surface area contributed by atoms with Crippen LogP contribution in [0.3, 0.4) is 0 Å². The van der Waals surface area contributed by atoms with E-state index >= 15 is 0 Å². The highest BCUT2D eigenvalue weighted by atomic mass is 16.5. The van der Waals surface area contributed by atoms with E-state index in [0.717, 1.165) is 52.2 Å². The topological polar surface area (TPSA) is 63.3 Å². The van der Waals surface area contributed by atoms with Crippen LogP contribution in [-0.2, 0) is 4.74 Å². The molecule has 26 heavy (non-hydrogen) atoms. The van der Waals surface area contributed by atoms with Gasteiger partial charge in [0.25, 0.3) is 0 Å². The van der Waals surface area contributed by atoms with Crippen LogP contribution in [0.4, 0.5) is 10.5 Å². The number of methoxy groups -OCH3 is 2. The highest BCUT2D eigenvalue weighted by Gasteiger charge is 2.29. The van der Waals surface area contributed by atoms with Crippen LogP contribution in [0.25, 0.3) is 0 Å². The van der Waals surface area contributed by atoms with Gasteiger partial charge in [0.15, 0.2) is 0 Å². The van der Waals surface area contributed by atoms with E-state index in [0.29, 0.717) is 17.2 Å². The van der Waals surface area contributed by atoms with Gasteiger partial charge in [0.05, 0.1) is 33.1 Å². The fourth-order valence-corrected chi connectivity index (χ4v) is 3.64. The highest BCUT2D eigenvalue weighted by molar-refractivity contribution is 5.91. The van der Waals surface area contributed by atoms with Gasteiger partial charge in [0.2, 0.25) is 0 Å². The molecule has 1 atom stereocenters. The molecule has 0 radical (unpaired) electrons. The smallest absolute Gasteiger partial charge is 0.322 e. The van der Waals surface area contributed by atoms with E-state index in [1.807, 2.05) is 11.0 Å². The van der Waals surface area contributed by atoms with E-state index in [2.05, 4.69) is 10.2 Å². The number of nitrogens with zero attached hydrogens (tertiary/aromatic N) is 2. The van der Waals surface area contributed by atoms with Gasteiger partial charge in [0, 0.05) is 38.3 Å². The van der Waals surface area contributed by atoms with Crippen LogP contribution in [0.15, 0.2) is 18.2 Å². The van der Waals surface area contributed by atoms with E-state index in [1.54, 1.807) is 26.4 Å². The van der Waals surface area contributed by atoms with Crippen molar-refractivity contribution in [1.29, 1.82) is 0 Å². The molecule has 2 aliphatic rings. The van der Waals surface area contributed by atoms with Gasteiger partial charge >= 0.3 is 6.03 Å². The molecule has 0 bridgehead atoms. The predicted molar refractivity (Wildman–Crippen MR) is 100 cm³/mol. The number of morpholine rings is 1. The second-order valence-electron chi connectivity index (χ2n) is 6.75. The summed E-state index contributed by atoms with van der Waals surface area (Å²) in [7, 11) is 3.20. The molecule has 2 amide bonds. The molecule has 2 aliphatic heterocycles. The molecule has 144 valence electrons. The van der Waals surface area contributed by atoms with Crippen molar-refractivity contribution in [3.05, 3.63) is 18.2 Å². The zero-order valence-electron chi connectivity index (χ0n) is 15.7. The summed E-state index contributed by atoms with van der Waals surface area (Å²) >= 11 is 0. The van der Waals surface area contributed by atoms with Gasteiger partial charge in [0.1, 0.15) is 11.5 Å². The number of hydrogen-bond donors (Lipinski definition) is 1. The summed E-state index contributed by atoms with van der Waals surface area (Å²) in [6, 6.07) is 5.57. The van der Waals surface area contributed by atoms with E-state index < -0.39 is 0 Å². The third kappa shape index (κ3) is 4.59. The van der Waals surface area contributed by atoms with Crippen LogP contribution < -0.4 is 14.8 Å². The maximum absolute atomic E-state index is 13.0. The monoisotopic (exact) mass is 363 g/mol. The lowest BCUT2D eigenvalue weighted by Crippen LogP contribution is -2.52. The number of anilines is 1. The minimum absolute atomic E-state index is 0.0745. The summed E-state index contributed by atoms with van der Waals surface area (Å²) in [5, 5.41) is 3.01. The molecule has 2 saturated heterocycles. The lowest BCUT2D eigenvalue weighted by Gasteiger charge is -2.39. The molecular weight excluding hydrogens is 334 g/mol. The van der Waals surface area contributed by atoms with Gasteiger partial charge < -0.3 is 24.4 Å². The zero-order chi connectivity index (χ0) is 18.4. The van der Waals surface area contributed by atoms with Gasteiger partial charge in [-0.15, -0.1) is 0 Å². The normalized spacial score (nSPS) is 21.3. The van der Waals surface area contributed by atoms with Crippen LogP contribution in [0.2, 0.25) is 0 Å². The number of likely N-dealkylation sites (tertiary alicyclic amines) is 1. The van der Waals surface area contributed by atoms with Crippen molar-refractivity contribution in [2.75, 3.05) is 58.9 Å². The summed E-state index contributed by atoms with van der Waals surface area (Å²) in [6.07, 6.45) is 3.25. The molecule has 7 nitrogen and oxygen atoms in total. The maximum atomic E-state index is 13.0. The van der Waals surface area contributed by atoms with Crippen molar-refractivity contribution in [3.63, 3.8) is 0 Å². The Bertz CT molecular complexity index is 604. The fraction of sp³-hybridized carbons (Fsp3) is 0.632. The first kappa shape index (κ1) is 18.8. The van der Waals surface area contributed by atoms with Crippen molar-refractivity contribution in [2.24, 2.45) is 0 Å². The molecule has 1 aromatic carbocycles. The minimum Gasteiger partial charge on any atom is -0.497 e. The van der Waals surface area contributed by atoms with E-state index in [1.165, 1.54) is 6.42 Å². The second-order valence-corrected chi connectivity index (χ2v) is 6.75. The Morgan fingerprint density at radius 3 is 2.73 bits per heavy atom. The molecular formula is C19H29N3O4. The number of nitrogens with one attached hydrogen (secondary N) is 1. The van der Waals surface area contributed by atoms with Gasteiger partial charge in [-0.2, -0.15) is 0 Å². The number of hydrogen-bond acceptors (Lipinski definition) is 5. The molecule has 7 heteroatoms. The van der Waals surface area contributed by atoms with Crippen LogP contribution in [0.5, 0.6) is 11.5 Å². The Balaban J connectivity index is 1.68. The van der Waals surface area contributed by atoms with Crippen molar-refractivity contribution in [1.82, 2.24) is 9.80 Å². The van der Waals surface area contributed by atoms with Gasteiger partial charge in [-0.05, 0) is 31.4 Å². The minimum atomic E-state index is -0.0745. The van der Waals surface area contributed by atoms with Crippen molar-refractivity contribution >= 4 is 11.7 Å². The Hall–Kier alpha value is -1.99. The van der Waals surface area contributed by atoms with Crippen LogP contribution in [0, 0.1) is 0 Å². The first-order valence-corrected chi connectivity index (χ1v) is 9.31. The molecule has 1 N–H and O–H groups in total. The van der Waals surface area contributed by atoms with Crippen molar-refractivity contribution in [2.45, 2.75) is 25.3 Å². The molecule has 0 aliphatic carbocycles. The number of benzene rings is 1. The van der Waals surface area contributed by atoms with Crippen molar-refractivity contribution in [3.8, 4) is 11.5 Å². The highest BCUT2D eigenvalue weighted by Crippen LogP contribution is 2.30. The Labute approximate surface area is 155 Å². The molecule has 0 saturated carbocycles. The van der Waals surface area contributed by atoms with Gasteiger partial charge in [-0.25, -0.2) is 4.79 Å². The number of carbonyl (C=O) groups excluding carboxylic acids is 1. The second kappa shape index (κ2) is 9.09. The van der Waals surface area contributed by atoms with E-state index in [4.69, 9.17) is 14.2 Å². The third-order valence-corrected chi connectivity index (χ3v) is 5.11. The SMILES string of the molecule is COc1ccc(OC)c(NC(=O)N2CCCC[C@H]2CN2CCOCC2)c1. The van der Waals surface area contributed by atoms with Crippen LogP contribution in [0.1, 0.15) is 19.3 Å². The Morgan fingerprint density at radius 2 is 2.00 bits per heavy atom. The van der Waals surface area contributed by atoms with Gasteiger partial charge in [-0.3, -0.25) is 4.90 Å². The zero-order valence-corrected chi connectivity index (χ0v) is 15.7. The first-order chi connectivity index (χ1) is 12.7. The number of rotatable bonds is 5. The summed E-state index contributed by atoms with van der Waals surface area (Å²) in [4.78, 5) is 17.3. The van der Waals surface area contributed by atoms with E-state index in [-0.39, 0.29) is 12.1 Å². The molecule has 2 fully saturated rings. The molecule has 3 rings (SSSR count).